The van der Waals surface area contributed by atoms with Crippen molar-refractivity contribution >= 4 is 5.91 Å². The van der Waals surface area contributed by atoms with Crippen LogP contribution >= 0.6 is 0 Å². The normalized spacial score (nSPS) is 11.6. The Kier molecular flexibility index (Phi) is 6.93. The SMILES string of the molecule is CCC=C(CCC)C(=O)N(C)CCCn1ccnc1. The van der Waals surface area contributed by atoms with Gasteiger partial charge in [-0.15, -0.1) is 0 Å². The van der Waals surface area contributed by atoms with E-state index in [2.05, 4.69) is 24.9 Å². The molecule has 1 heterocycles. The summed E-state index contributed by atoms with van der Waals surface area (Å²) in [6.07, 6.45) is 11.3. The molecule has 1 aromatic rings. The second-order valence-corrected chi connectivity index (χ2v) is 4.77. The number of rotatable bonds is 8. The maximum absolute atomic E-state index is 12.3. The smallest absolute Gasteiger partial charge is 0.249 e. The highest BCUT2D eigenvalue weighted by atomic mass is 16.2. The first kappa shape index (κ1) is 15.5. The molecule has 4 nitrogen and oxygen atoms in total. The standard InChI is InChI=1S/C15H25N3O/c1-4-7-14(8-5-2)15(19)17(3)10-6-11-18-12-9-16-13-18/h7,9,12-13H,4-6,8,10-11H2,1-3H3. The molecule has 0 aliphatic carbocycles. The van der Waals surface area contributed by atoms with Gasteiger partial charge in [0, 0.05) is 38.1 Å². The number of imidazole rings is 1. The summed E-state index contributed by atoms with van der Waals surface area (Å²) < 4.78 is 2.03. The summed E-state index contributed by atoms with van der Waals surface area (Å²) in [5.74, 6) is 0.175. The molecule has 0 saturated carbocycles. The van der Waals surface area contributed by atoms with Gasteiger partial charge in [0.05, 0.1) is 6.33 Å². The maximum atomic E-state index is 12.3. The highest BCUT2D eigenvalue weighted by Crippen LogP contribution is 2.10. The Balaban J connectivity index is 2.40. The van der Waals surface area contributed by atoms with Crippen LogP contribution in [-0.4, -0.2) is 34.0 Å². The molecule has 0 atom stereocenters. The Morgan fingerprint density at radius 1 is 1.42 bits per heavy atom. The Bertz CT molecular complexity index is 396. The summed E-state index contributed by atoms with van der Waals surface area (Å²) in [6.45, 7) is 5.86. The molecule has 0 N–H and O–H groups in total. The lowest BCUT2D eigenvalue weighted by atomic mass is 10.1. The van der Waals surface area contributed by atoms with E-state index in [1.165, 1.54) is 0 Å². The monoisotopic (exact) mass is 263 g/mol. The molecule has 1 aromatic heterocycles. The number of hydrogen-bond donors (Lipinski definition) is 0. The minimum Gasteiger partial charge on any atom is -0.342 e. The second kappa shape index (κ2) is 8.51. The summed E-state index contributed by atoms with van der Waals surface area (Å²) in [4.78, 5) is 18.1. The first-order chi connectivity index (χ1) is 9.19. The minimum absolute atomic E-state index is 0.175. The minimum atomic E-state index is 0.175. The van der Waals surface area contributed by atoms with Gasteiger partial charge >= 0.3 is 0 Å². The number of aromatic nitrogens is 2. The van der Waals surface area contributed by atoms with Crippen molar-refractivity contribution in [3.05, 3.63) is 30.4 Å². The van der Waals surface area contributed by atoms with Crippen molar-refractivity contribution < 1.29 is 4.79 Å². The molecule has 106 valence electrons. The summed E-state index contributed by atoms with van der Waals surface area (Å²) in [5, 5.41) is 0. The van der Waals surface area contributed by atoms with E-state index >= 15 is 0 Å². The first-order valence-corrected chi connectivity index (χ1v) is 7.09. The summed E-state index contributed by atoms with van der Waals surface area (Å²) in [7, 11) is 1.88. The predicted molar refractivity (Wildman–Crippen MR) is 77.8 cm³/mol. The summed E-state index contributed by atoms with van der Waals surface area (Å²) >= 11 is 0. The largest absolute Gasteiger partial charge is 0.342 e. The number of nitrogens with zero attached hydrogens (tertiary/aromatic N) is 3. The van der Waals surface area contributed by atoms with E-state index in [1.54, 1.807) is 12.5 Å². The molecule has 0 aliphatic rings. The molecule has 0 saturated heterocycles. The van der Waals surface area contributed by atoms with Crippen LogP contribution in [0.15, 0.2) is 30.4 Å². The molecule has 1 amide bonds. The van der Waals surface area contributed by atoms with Gasteiger partial charge in [0.25, 0.3) is 0 Å². The number of carbonyl (C=O) groups is 1. The van der Waals surface area contributed by atoms with Crippen LogP contribution in [0.1, 0.15) is 39.5 Å². The van der Waals surface area contributed by atoms with E-state index in [0.717, 1.165) is 44.3 Å². The Morgan fingerprint density at radius 2 is 2.21 bits per heavy atom. The number of aryl methyl sites for hydroxylation is 1. The molecular formula is C15H25N3O. The number of allylic oxidation sites excluding steroid dienone is 1. The van der Waals surface area contributed by atoms with Crippen LogP contribution in [0.3, 0.4) is 0 Å². The van der Waals surface area contributed by atoms with E-state index in [9.17, 15) is 4.79 Å². The average molecular weight is 263 g/mol. The molecule has 4 heteroatoms. The van der Waals surface area contributed by atoms with Gasteiger partial charge in [0.2, 0.25) is 5.91 Å². The fraction of sp³-hybridized carbons (Fsp3) is 0.600. The number of carbonyl (C=O) groups excluding carboxylic acids is 1. The summed E-state index contributed by atoms with van der Waals surface area (Å²) in [5.41, 5.74) is 0.954. The lowest BCUT2D eigenvalue weighted by molar-refractivity contribution is -0.126. The molecule has 0 fully saturated rings. The van der Waals surface area contributed by atoms with Crippen LogP contribution in [-0.2, 0) is 11.3 Å². The molecule has 1 rings (SSSR count). The quantitative estimate of drug-likeness (QED) is 0.676. The zero-order chi connectivity index (χ0) is 14.1. The zero-order valence-electron chi connectivity index (χ0n) is 12.3. The van der Waals surface area contributed by atoms with Gasteiger partial charge in [-0.05, 0) is 19.3 Å². The predicted octanol–water partition coefficient (Wildman–Crippen LogP) is 2.87. The molecule has 0 unspecified atom stereocenters. The van der Waals surface area contributed by atoms with Crippen LogP contribution in [0.4, 0.5) is 0 Å². The molecule has 19 heavy (non-hydrogen) atoms. The van der Waals surface area contributed by atoms with Gasteiger partial charge < -0.3 is 9.47 Å². The van der Waals surface area contributed by atoms with E-state index < -0.39 is 0 Å². The van der Waals surface area contributed by atoms with Crippen LogP contribution in [0.2, 0.25) is 0 Å². The van der Waals surface area contributed by atoms with E-state index in [1.807, 2.05) is 22.7 Å². The van der Waals surface area contributed by atoms with Crippen molar-refractivity contribution in [3.63, 3.8) is 0 Å². The molecule has 0 aromatic carbocycles. The van der Waals surface area contributed by atoms with Gasteiger partial charge in [0.1, 0.15) is 0 Å². The third-order valence-electron chi connectivity index (χ3n) is 3.06. The zero-order valence-corrected chi connectivity index (χ0v) is 12.3. The highest BCUT2D eigenvalue weighted by Gasteiger charge is 2.12. The second-order valence-electron chi connectivity index (χ2n) is 4.77. The first-order valence-electron chi connectivity index (χ1n) is 7.09. The van der Waals surface area contributed by atoms with Gasteiger partial charge in [-0.2, -0.15) is 0 Å². The Morgan fingerprint density at radius 3 is 2.79 bits per heavy atom. The topological polar surface area (TPSA) is 38.1 Å². The molecule has 0 spiro atoms. The van der Waals surface area contributed by atoms with Crippen LogP contribution in [0, 0.1) is 0 Å². The third-order valence-corrected chi connectivity index (χ3v) is 3.06. The van der Waals surface area contributed by atoms with Crippen molar-refractivity contribution in [1.82, 2.24) is 14.5 Å². The maximum Gasteiger partial charge on any atom is 0.249 e. The van der Waals surface area contributed by atoms with Crippen molar-refractivity contribution in [1.29, 1.82) is 0 Å². The van der Waals surface area contributed by atoms with Gasteiger partial charge in [-0.25, -0.2) is 4.98 Å². The Hall–Kier alpha value is -1.58. The van der Waals surface area contributed by atoms with E-state index in [-0.39, 0.29) is 5.91 Å². The third kappa shape index (κ3) is 5.28. The van der Waals surface area contributed by atoms with Gasteiger partial charge in [-0.1, -0.05) is 26.3 Å². The molecule has 0 bridgehead atoms. The van der Waals surface area contributed by atoms with Crippen molar-refractivity contribution in [2.24, 2.45) is 0 Å². The van der Waals surface area contributed by atoms with Gasteiger partial charge in [-0.3, -0.25) is 4.79 Å². The van der Waals surface area contributed by atoms with Crippen molar-refractivity contribution in [2.45, 2.75) is 46.1 Å². The fourth-order valence-electron chi connectivity index (χ4n) is 2.07. The molecule has 0 radical (unpaired) electrons. The lowest BCUT2D eigenvalue weighted by Crippen LogP contribution is -2.29. The van der Waals surface area contributed by atoms with E-state index in [4.69, 9.17) is 0 Å². The van der Waals surface area contributed by atoms with Crippen molar-refractivity contribution in [2.75, 3.05) is 13.6 Å². The number of amides is 1. The molecular weight excluding hydrogens is 238 g/mol. The van der Waals surface area contributed by atoms with Crippen molar-refractivity contribution in [3.8, 4) is 0 Å². The van der Waals surface area contributed by atoms with Gasteiger partial charge in [0.15, 0.2) is 0 Å². The van der Waals surface area contributed by atoms with Crippen LogP contribution in [0.25, 0.3) is 0 Å². The van der Waals surface area contributed by atoms with Crippen LogP contribution < -0.4 is 0 Å². The van der Waals surface area contributed by atoms with Crippen LogP contribution in [0.5, 0.6) is 0 Å². The highest BCUT2D eigenvalue weighted by molar-refractivity contribution is 5.93. The Labute approximate surface area is 116 Å². The summed E-state index contributed by atoms with van der Waals surface area (Å²) in [6, 6.07) is 0. The fourth-order valence-corrected chi connectivity index (χ4v) is 2.07. The van der Waals surface area contributed by atoms with E-state index in [0.29, 0.717) is 0 Å². The lowest BCUT2D eigenvalue weighted by Gasteiger charge is -2.19. The number of hydrogen-bond acceptors (Lipinski definition) is 2. The number of likely N-dealkylation sites (N-methyl/N-ethyl adjacent to an activating group) is 1. The molecule has 0 aliphatic heterocycles. The average Bonchev–Trinajstić information content (AvgIpc) is 2.90.